The van der Waals surface area contributed by atoms with E-state index in [0.29, 0.717) is 6.17 Å². The summed E-state index contributed by atoms with van der Waals surface area (Å²) in [4.78, 5) is 2.54. The quantitative estimate of drug-likeness (QED) is 0.685. The Labute approximate surface area is 86.8 Å². The zero-order valence-electron chi connectivity index (χ0n) is 9.38. The minimum Gasteiger partial charge on any atom is -0.371 e. The molecule has 3 nitrogen and oxygen atoms in total. The molecule has 2 fully saturated rings. The van der Waals surface area contributed by atoms with Crippen LogP contribution in [0.1, 0.15) is 33.1 Å². The number of nitrogens with one attached hydrogen (secondary N) is 1. The molecule has 0 aromatic carbocycles. The molecule has 1 unspecified atom stereocenters. The second-order valence-electron chi connectivity index (χ2n) is 4.91. The van der Waals surface area contributed by atoms with Crippen LogP contribution in [0, 0.1) is 0 Å². The molecule has 0 aromatic heterocycles. The standard InChI is InChI=1S/C11H22N2O/c1-11(2)10(12-6-9-14-11)13-7-4-3-5-8-13/h10,12H,3-9H2,1-2H3. The molecule has 2 aliphatic rings. The summed E-state index contributed by atoms with van der Waals surface area (Å²) >= 11 is 0. The van der Waals surface area contributed by atoms with E-state index in [0.717, 1.165) is 13.2 Å². The molecule has 2 heterocycles. The maximum atomic E-state index is 5.83. The van der Waals surface area contributed by atoms with Crippen molar-refractivity contribution >= 4 is 0 Å². The van der Waals surface area contributed by atoms with Crippen molar-refractivity contribution in [2.75, 3.05) is 26.2 Å². The normalized spacial score (nSPS) is 34.3. The van der Waals surface area contributed by atoms with E-state index in [9.17, 15) is 0 Å². The van der Waals surface area contributed by atoms with Gasteiger partial charge >= 0.3 is 0 Å². The zero-order valence-corrected chi connectivity index (χ0v) is 9.38. The topological polar surface area (TPSA) is 24.5 Å². The van der Waals surface area contributed by atoms with E-state index in [1.165, 1.54) is 32.4 Å². The minimum atomic E-state index is -0.0322. The lowest BCUT2D eigenvalue weighted by Gasteiger charge is -2.46. The van der Waals surface area contributed by atoms with E-state index in [1.807, 2.05) is 0 Å². The highest BCUT2D eigenvalue weighted by molar-refractivity contribution is 4.89. The second-order valence-corrected chi connectivity index (χ2v) is 4.91. The molecule has 1 N–H and O–H groups in total. The first-order chi connectivity index (χ1) is 6.70. The van der Waals surface area contributed by atoms with Gasteiger partial charge in [0, 0.05) is 6.54 Å². The SMILES string of the molecule is CC1(C)OCCNC1N1CCCCC1. The Morgan fingerprint density at radius 2 is 1.93 bits per heavy atom. The summed E-state index contributed by atoms with van der Waals surface area (Å²) in [7, 11) is 0. The lowest BCUT2D eigenvalue weighted by molar-refractivity contribution is -0.120. The Balaban J connectivity index is 1.99. The fourth-order valence-electron chi connectivity index (χ4n) is 2.58. The van der Waals surface area contributed by atoms with Gasteiger partial charge in [-0.25, -0.2) is 0 Å². The van der Waals surface area contributed by atoms with Crippen LogP contribution in [0.25, 0.3) is 0 Å². The predicted octanol–water partition coefficient (Wildman–Crippen LogP) is 1.20. The third-order valence-electron chi connectivity index (χ3n) is 3.33. The van der Waals surface area contributed by atoms with Crippen LogP contribution in [0.5, 0.6) is 0 Å². The van der Waals surface area contributed by atoms with Crippen LogP contribution < -0.4 is 5.32 Å². The highest BCUT2D eigenvalue weighted by Gasteiger charge is 2.37. The number of likely N-dealkylation sites (tertiary alicyclic amines) is 1. The first-order valence-electron chi connectivity index (χ1n) is 5.81. The monoisotopic (exact) mass is 198 g/mol. The minimum absolute atomic E-state index is 0.0322. The third kappa shape index (κ3) is 2.10. The molecule has 2 saturated heterocycles. The van der Waals surface area contributed by atoms with Gasteiger partial charge in [-0.3, -0.25) is 10.2 Å². The lowest BCUT2D eigenvalue weighted by Crippen LogP contribution is -2.63. The molecular weight excluding hydrogens is 176 g/mol. The molecule has 0 bridgehead atoms. The van der Waals surface area contributed by atoms with Crippen molar-refractivity contribution in [2.45, 2.75) is 44.9 Å². The molecule has 82 valence electrons. The third-order valence-corrected chi connectivity index (χ3v) is 3.33. The molecule has 0 saturated carbocycles. The van der Waals surface area contributed by atoms with Crippen LogP contribution in [0.15, 0.2) is 0 Å². The van der Waals surface area contributed by atoms with Crippen molar-refractivity contribution in [3.8, 4) is 0 Å². The van der Waals surface area contributed by atoms with Crippen LogP contribution >= 0.6 is 0 Å². The van der Waals surface area contributed by atoms with E-state index in [2.05, 4.69) is 24.1 Å². The molecule has 14 heavy (non-hydrogen) atoms. The summed E-state index contributed by atoms with van der Waals surface area (Å²) in [5, 5.41) is 3.58. The summed E-state index contributed by atoms with van der Waals surface area (Å²) in [6, 6.07) is 0. The number of hydrogen-bond acceptors (Lipinski definition) is 3. The predicted molar refractivity (Wildman–Crippen MR) is 57.2 cm³/mol. The summed E-state index contributed by atoms with van der Waals surface area (Å²) in [6.45, 7) is 8.67. The van der Waals surface area contributed by atoms with Crippen LogP contribution in [-0.4, -0.2) is 42.9 Å². The smallest absolute Gasteiger partial charge is 0.0912 e. The van der Waals surface area contributed by atoms with Gasteiger partial charge in [-0.1, -0.05) is 6.42 Å². The van der Waals surface area contributed by atoms with Crippen molar-refractivity contribution in [3.63, 3.8) is 0 Å². The fourth-order valence-corrected chi connectivity index (χ4v) is 2.58. The Morgan fingerprint density at radius 3 is 2.57 bits per heavy atom. The van der Waals surface area contributed by atoms with Crippen molar-refractivity contribution in [1.82, 2.24) is 10.2 Å². The zero-order chi connectivity index (χ0) is 10.0. The van der Waals surface area contributed by atoms with Crippen LogP contribution in [0.2, 0.25) is 0 Å². The first kappa shape index (κ1) is 10.4. The molecule has 0 spiro atoms. The second kappa shape index (κ2) is 4.17. The summed E-state index contributed by atoms with van der Waals surface area (Å²) < 4.78 is 5.83. The van der Waals surface area contributed by atoms with E-state index < -0.39 is 0 Å². The van der Waals surface area contributed by atoms with Crippen LogP contribution in [-0.2, 0) is 4.74 Å². The van der Waals surface area contributed by atoms with Gasteiger partial charge in [-0.2, -0.15) is 0 Å². The largest absolute Gasteiger partial charge is 0.371 e. The molecule has 0 radical (unpaired) electrons. The number of nitrogens with zero attached hydrogens (tertiary/aromatic N) is 1. The van der Waals surface area contributed by atoms with Crippen LogP contribution in [0.4, 0.5) is 0 Å². The molecule has 0 aromatic rings. The van der Waals surface area contributed by atoms with Crippen molar-refractivity contribution in [3.05, 3.63) is 0 Å². The van der Waals surface area contributed by atoms with Gasteiger partial charge in [0.2, 0.25) is 0 Å². The Hall–Kier alpha value is -0.120. The molecule has 2 rings (SSSR count). The molecule has 2 aliphatic heterocycles. The molecule has 1 atom stereocenters. The maximum Gasteiger partial charge on any atom is 0.0912 e. The van der Waals surface area contributed by atoms with E-state index in [4.69, 9.17) is 4.74 Å². The number of piperidine rings is 1. The Kier molecular flexibility index (Phi) is 3.10. The lowest BCUT2D eigenvalue weighted by atomic mass is 10.00. The van der Waals surface area contributed by atoms with Crippen molar-refractivity contribution in [2.24, 2.45) is 0 Å². The van der Waals surface area contributed by atoms with Crippen LogP contribution in [0.3, 0.4) is 0 Å². The molecule has 0 amide bonds. The van der Waals surface area contributed by atoms with Gasteiger partial charge in [-0.05, 0) is 39.8 Å². The summed E-state index contributed by atoms with van der Waals surface area (Å²) in [5.41, 5.74) is -0.0322. The summed E-state index contributed by atoms with van der Waals surface area (Å²) in [6.07, 6.45) is 4.49. The number of rotatable bonds is 1. The molecular formula is C11H22N2O. The molecule has 3 heteroatoms. The van der Waals surface area contributed by atoms with E-state index >= 15 is 0 Å². The number of morpholine rings is 1. The highest BCUT2D eigenvalue weighted by atomic mass is 16.5. The van der Waals surface area contributed by atoms with Gasteiger partial charge in [0.25, 0.3) is 0 Å². The molecule has 0 aliphatic carbocycles. The van der Waals surface area contributed by atoms with Gasteiger partial charge in [-0.15, -0.1) is 0 Å². The fraction of sp³-hybridized carbons (Fsp3) is 1.00. The van der Waals surface area contributed by atoms with Gasteiger partial charge < -0.3 is 4.74 Å². The van der Waals surface area contributed by atoms with Crippen molar-refractivity contribution < 1.29 is 4.74 Å². The van der Waals surface area contributed by atoms with Gasteiger partial charge in [0.05, 0.1) is 18.4 Å². The van der Waals surface area contributed by atoms with Gasteiger partial charge in [0.15, 0.2) is 0 Å². The number of ether oxygens (including phenoxy) is 1. The number of hydrogen-bond donors (Lipinski definition) is 1. The van der Waals surface area contributed by atoms with Gasteiger partial charge in [0.1, 0.15) is 0 Å². The maximum absolute atomic E-state index is 5.83. The first-order valence-corrected chi connectivity index (χ1v) is 5.81. The average molecular weight is 198 g/mol. The Morgan fingerprint density at radius 1 is 1.21 bits per heavy atom. The highest BCUT2D eigenvalue weighted by Crippen LogP contribution is 2.23. The summed E-state index contributed by atoms with van der Waals surface area (Å²) in [5.74, 6) is 0. The Bertz CT molecular complexity index is 188. The average Bonchev–Trinajstić information content (AvgIpc) is 2.18. The van der Waals surface area contributed by atoms with E-state index in [-0.39, 0.29) is 5.60 Å². The van der Waals surface area contributed by atoms with E-state index in [1.54, 1.807) is 0 Å². The van der Waals surface area contributed by atoms with Crippen molar-refractivity contribution in [1.29, 1.82) is 0 Å².